The normalized spacial score (nSPS) is 10.6. The third kappa shape index (κ3) is 1.93. The lowest BCUT2D eigenvalue weighted by atomic mass is 10.1. The molecule has 4 heteroatoms. The van der Waals surface area contributed by atoms with Gasteiger partial charge >= 0.3 is 0 Å². The number of hydrogen-bond donors (Lipinski definition) is 0. The summed E-state index contributed by atoms with van der Waals surface area (Å²) >= 11 is 3.31. The van der Waals surface area contributed by atoms with Crippen LogP contribution in [0.3, 0.4) is 0 Å². The second-order valence-corrected chi connectivity index (χ2v) is 4.45. The van der Waals surface area contributed by atoms with Crippen LogP contribution in [0, 0.1) is 6.92 Å². The molecule has 0 fully saturated rings. The summed E-state index contributed by atoms with van der Waals surface area (Å²) in [4.78, 5) is 22.3. The molecule has 0 N–H and O–H groups in total. The zero-order valence-corrected chi connectivity index (χ0v) is 10.2. The van der Waals surface area contributed by atoms with Crippen molar-refractivity contribution in [2.45, 2.75) is 13.3 Å². The Labute approximate surface area is 100 Å². The van der Waals surface area contributed by atoms with Crippen LogP contribution < -0.4 is 5.43 Å². The van der Waals surface area contributed by atoms with Gasteiger partial charge in [0.25, 0.3) is 0 Å². The number of halogens is 1. The molecule has 3 nitrogen and oxygen atoms in total. The molecule has 0 radical (unpaired) electrons. The molecular weight excluding hydrogens is 272 g/mol. The number of rotatable bonds is 2. The summed E-state index contributed by atoms with van der Waals surface area (Å²) in [6.07, 6.45) is 1.03. The maximum absolute atomic E-state index is 11.7. The number of fused-ring (bicyclic) bond motifs is 1. The van der Waals surface area contributed by atoms with Crippen LogP contribution in [0.15, 0.2) is 31.9 Å². The number of aldehydes is 1. The van der Waals surface area contributed by atoms with Gasteiger partial charge in [-0.3, -0.25) is 4.79 Å². The first kappa shape index (κ1) is 11.1. The van der Waals surface area contributed by atoms with E-state index >= 15 is 0 Å². The van der Waals surface area contributed by atoms with E-state index in [-0.39, 0.29) is 11.8 Å². The number of benzene rings is 1. The third-order valence-corrected chi connectivity index (χ3v) is 2.75. The van der Waals surface area contributed by atoms with E-state index in [2.05, 4.69) is 15.9 Å². The van der Waals surface area contributed by atoms with Crippen molar-refractivity contribution in [3.05, 3.63) is 44.2 Å². The Kier molecular flexibility index (Phi) is 2.92. The van der Waals surface area contributed by atoms with E-state index in [0.29, 0.717) is 16.7 Å². The third-order valence-electron chi connectivity index (χ3n) is 2.30. The van der Waals surface area contributed by atoms with Gasteiger partial charge in [-0.05, 0) is 19.1 Å². The van der Waals surface area contributed by atoms with Crippen molar-refractivity contribution in [3.8, 4) is 0 Å². The van der Waals surface area contributed by atoms with Gasteiger partial charge in [-0.2, -0.15) is 0 Å². The molecule has 1 aromatic heterocycles. The van der Waals surface area contributed by atoms with Crippen LogP contribution in [0.25, 0.3) is 11.0 Å². The van der Waals surface area contributed by atoms with Gasteiger partial charge in [-0.25, -0.2) is 0 Å². The first-order valence-electron chi connectivity index (χ1n) is 4.78. The minimum atomic E-state index is -0.0906. The summed E-state index contributed by atoms with van der Waals surface area (Å²) < 4.78 is 6.27. The van der Waals surface area contributed by atoms with Gasteiger partial charge in [0.15, 0.2) is 5.43 Å². The van der Waals surface area contributed by atoms with Crippen molar-refractivity contribution in [3.63, 3.8) is 0 Å². The maximum Gasteiger partial charge on any atom is 0.192 e. The Balaban J connectivity index is 2.89. The van der Waals surface area contributed by atoms with E-state index in [4.69, 9.17) is 4.42 Å². The van der Waals surface area contributed by atoms with Crippen LogP contribution in [0.4, 0.5) is 0 Å². The average Bonchev–Trinajstić information content (AvgIpc) is 2.20. The molecular formula is C12H9BrO3. The van der Waals surface area contributed by atoms with Crippen molar-refractivity contribution < 1.29 is 9.21 Å². The molecule has 0 unspecified atom stereocenters. The molecule has 0 aliphatic carbocycles. The van der Waals surface area contributed by atoms with E-state index in [1.165, 1.54) is 6.07 Å². The van der Waals surface area contributed by atoms with E-state index in [1.807, 2.05) is 0 Å². The first-order valence-corrected chi connectivity index (χ1v) is 5.57. The predicted octanol–water partition coefficient (Wildman–Crippen LogP) is 2.61. The van der Waals surface area contributed by atoms with E-state index in [9.17, 15) is 9.59 Å². The molecule has 1 aromatic carbocycles. The fraction of sp³-hybridized carbons (Fsp3) is 0.167. The molecule has 0 amide bonds. The largest absolute Gasteiger partial charge is 0.461 e. The van der Waals surface area contributed by atoms with Gasteiger partial charge in [0.1, 0.15) is 17.6 Å². The Morgan fingerprint density at radius 1 is 1.38 bits per heavy atom. The van der Waals surface area contributed by atoms with E-state index < -0.39 is 0 Å². The fourth-order valence-electron chi connectivity index (χ4n) is 1.65. The second kappa shape index (κ2) is 4.22. The lowest BCUT2D eigenvalue weighted by Gasteiger charge is -2.04. The van der Waals surface area contributed by atoms with Crippen molar-refractivity contribution in [1.29, 1.82) is 0 Å². The summed E-state index contributed by atoms with van der Waals surface area (Å²) in [6, 6.07) is 4.94. The SMILES string of the molecule is Cc1cc(=O)c2cc(Br)cc(CC=O)c2o1. The van der Waals surface area contributed by atoms with Crippen LogP contribution in [0.2, 0.25) is 0 Å². The smallest absolute Gasteiger partial charge is 0.192 e. The van der Waals surface area contributed by atoms with Crippen LogP contribution in [-0.2, 0) is 11.2 Å². The highest BCUT2D eigenvalue weighted by Crippen LogP contribution is 2.23. The van der Waals surface area contributed by atoms with Crippen molar-refractivity contribution >= 4 is 33.2 Å². The molecule has 0 aliphatic heterocycles. The summed E-state index contributed by atoms with van der Waals surface area (Å²) in [5.41, 5.74) is 1.13. The summed E-state index contributed by atoms with van der Waals surface area (Å²) in [5, 5.41) is 0.497. The van der Waals surface area contributed by atoms with Crippen molar-refractivity contribution in [2.75, 3.05) is 0 Å². The molecule has 1 heterocycles. The predicted molar refractivity (Wildman–Crippen MR) is 64.7 cm³/mol. The molecule has 0 atom stereocenters. The zero-order valence-electron chi connectivity index (χ0n) is 8.62. The first-order chi connectivity index (χ1) is 7.61. The summed E-state index contributed by atoms with van der Waals surface area (Å²) in [7, 11) is 0. The van der Waals surface area contributed by atoms with E-state index in [1.54, 1.807) is 19.1 Å². The minimum absolute atomic E-state index is 0.0906. The van der Waals surface area contributed by atoms with E-state index in [0.717, 1.165) is 16.3 Å². The Morgan fingerprint density at radius 2 is 2.12 bits per heavy atom. The van der Waals surface area contributed by atoms with Crippen LogP contribution in [0.1, 0.15) is 11.3 Å². The maximum atomic E-state index is 11.7. The van der Waals surface area contributed by atoms with Gasteiger partial charge in [-0.15, -0.1) is 0 Å². The molecule has 16 heavy (non-hydrogen) atoms. The highest BCUT2D eigenvalue weighted by molar-refractivity contribution is 9.10. The topological polar surface area (TPSA) is 47.3 Å². The lowest BCUT2D eigenvalue weighted by Crippen LogP contribution is -2.02. The Bertz CT molecular complexity index is 613. The van der Waals surface area contributed by atoms with Crippen LogP contribution in [-0.4, -0.2) is 6.29 Å². The van der Waals surface area contributed by atoms with Gasteiger partial charge in [-0.1, -0.05) is 15.9 Å². The minimum Gasteiger partial charge on any atom is -0.461 e. The standard InChI is InChI=1S/C12H9BrO3/c1-7-4-11(15)10-6-9(13)5-8(2-3-14)12(10)16-7/h3-6H,2H2,1H3. The molecule has 0 saturated heterocycles. The Morgan fingerprint density at radius 3 is 2.81 bits per heavy atom. The van der Waals surface area contributed by atoms with Crippen molar-refractivity contribution in [1.82, 2.24) is 0 Å². The second-order valence-electron chi connectivity index (χ2n) is 3.53. The average molecular weight is 281 g/mol. The van der Waals surface area contributed by atoms with Gasteiger partial charge in [0.2, 0.25) is 0 Å². The number of carbonyl (C=O) groups is 1. The zero-order chi connectivity index (χ0) is 11.7. The fourth-order valence-corrected chi connectivity index (χ4v) is 2.15. The van der Waals surface area contributed by atoms with Gasteiger partial charge in [0.05, 0.1) is 5.39 Å². The molecule has 0 saturated carbocycles. The summed E-state index contributed by atoms with van der Waals surface area (Å²) in [5.74, 6) is 0.548. The van der Waals surface area contributed by atoms with Crippen LogP contribution >= 0.6 is 15.9 Å². The quantitative estimate of drug-likeness (QED) is 0.795. The molecule has 0 spiro atoms. The van der Waals surface area contributed by atoms with Crippen molar-refractivity contribution in [2.24, 2.45) is 0 Å². The Hall–Kier alpha value is -1.42. The molecule has 0 aliphatic rings. The molecule has 82 valence electrons. The highest BCUT2D eigenvalue weighted by Gasteiger charge is 2.09. The molecule has 2 aromatic rings. The molecule has 2 rings (SSSR count). The lowest BCUT2D eigenvalue weighted by molar-refractivity contribution is -0.107. The van der Waals surface area contributed by atoms with Gasteiger partial charge in [0, 0.05) is 22.5 Å². The monoisotopic (exact) mass is 280 g/mol. The number of hydrogen-bond acceptors (Lipinski definition) is 3. The molecule has 0 bridgehead atoms. The van der Waals surface area contributed by atoms with Gasteiger partial charge < -0.3 is 9.21 Å². The number of aryl methyl sites for hydroxylation is 1. The van der Waals surface area contributed by atoms with Crippen LogP contribution in [0.5, 0.6) is 0 Å². The number of carbonyl (C=O) groups excluding carboxylic acids is 1. The summed E-state index contributed by atoms with van der Waals surface area (Å²) in [6.45, 7) is 1.72. The highest BCUT2D eigenvalue weighted by atomic mass is 79.9.